The van der Waals surface area contributed by atoms with Gasteiger partial charge in [0.2, 0.25) is 0 Å². The first-order chi connectivity index (χ1) is 23.7. The Morgan fingerprint density at radius 1 is 1.00 bits per heavy atom. The van der Waals surface area contributed by atoms with Gasteiger partial charge in [-0.15, -0.1) is 11.3 Å². The van der Waals surface area contributed by atoms with E-state index >= 15 is 0 Å². The van der Waals surface area contributed by atoms with Gasteiger partial charge in [0, 0.05) is 61.2 Å². The Labute approximate surface area is 292 Å². The third kappa shape index (κ3) is 7.79. The summed E-state index contributed by atoms with van der Waals surface area (Å²) in [6.45, 7) is 10.6. The number of esters is 1. The van der Waals surface area contributed by atoms with Crippen LogP contribution in [-0.2, 0) is 29.4 Å². The van der Waals surface area contributed by atoms with Gasteiger partial charge in [0.05, 0.1) is 17.2 Å². The molecule has 1 atom stereocenters. The molecule has 1 fully saturated rings. The highest BCUT2D eigenvalue weighted by molar-refractivity contribution is 7.14. The van der Waals surface area contributed by atoms with E-state index in [1.165, 1.54) is 34.3 Å². The van der Waals surface area contributed by atoms with Crippen LogP contribution in [0.5, 0.6) is 0 Å². The second-order valence-electron chi connectivity index (χ2n) is 12.8. The maximum absolute atomic E-state index is 13.3. The highest BCUT2D eigenvalue weighted by Crippen LogP contribution is 2.32. The second-order valence-corrected chi connectivity index (χ2v) is 14.0. The van der Waals surface area contributed by atoms with E-state index in [0.717, 1.165) is 67.1 Å². The van der Waals surface area contributed by atoms with Crippen LogP contribution in [0.1, 0.15) is 70.4 Å². The number of carbonyl (C=O) groups is 2. The summed E-state index contributed by atoms with van der Waals surface area (Å²) >= 11 is 1.60. The summed E-state index contributed by atoms with van der Waals surface area (Å²) in [6.07, 6.45) is 7.39. The first-order valence-electron chi connectivity index (χ1n) is 17.4. The number of hydrogen-bond acceptors (Lipinski definition) is 9. The number of hydrogen-bond donors (Lipinski definition) is 2. The molecule has 0 radical (unpaired) electrons. The quantitative estimate of drug-likeness (QED) is 0.148. The molecule has 1 unspecified atom stereocenters. The molecule has 2 N–H and O–H groups in total. The van der Waals surface area contributed by atoms with Gasteiger partial charge in [-0.25, -0.2) is 9.78 Å². The van der Waals surface area contributed by atoms with Crippen molar-refractivity contribution in [1.29, 1.82) is 0 Å². The minimum atomic E-state index is -0.493. The van der Waals surface area contributed by atoms with Gasteiger partial charge in [0.1, 0.15) is 6.04 Å². The molecule has 1 amide bonds. The summed E-state index contributed by atoms with van der Waals surface area (Å²) in [5.41, 5.74) is 5.55. The molecule has 258 valence electrons. The number of piperazine rings is 1. The lowest BCUT2D eigenvalue weighted by molar-refractivity contribution is -0.150. The zero-order chi connectivity index (χ0) is 34.5. The lowest BCUT2D eigenvalue weighted by atomic mass is 10.0. The monoisotopic (exact) mass is 682 g/mol. The fourth-order valence-electron chi connectivity index (χ4n) is 6.77. The SMILES string of the molecule is CCOC(=O)C(c1ccc(Nc2nc(-c3cccc(NC(=O)c4cc5c(s4)CCCCC5)c3C)cn(C)c2=O)cc1)N1CCN(CC)CC1. The smallest absolute Gasteiger partial charge is 0.328 e. The van der Waals surface area contributed by atoms with Crippen molar-refractivity contribution >= 4 is 40.4 Å². The Morgan fingerprint density at radius 2 is 1.76 bits per heavy atom. The number of likely N-dealkylation sites (N-methyl/N-ethyl adjacent to an activating group) is 1. The number of rotatable bonds is 10. The van der Waals surface area contributed by atoms with Gasteiger partial charge in [-0.3, -0.25) is 14.5 Å². The van der Waals surface area contributed by atoms with Crippen LogP contribution < -0.4 is 16.2 Å². The third-order valence-electron chi connectivity index (χ3n) is 9.62. The number of amides is 1. The number of anilines is 3. The van der Waals surface area contributed by atoms with Gasteiger partial charge in [0.25, 0.3) is 11.5 Å². The van der Waals surface area contributed by atoms with Crippen LogP contribution in [0.4, 0.5) is 17.2 Å². The molecule has 0 saturated carbocycles. The summed E-state index contributed by atoms with van der Waals surface area (Å²) in [5, 5.41) is 6.32. The lowest BCUT2D eigenvalue weighted by Gasteiger charge is -2.38. The zero-order valence-electron chi connectivity index (χ0n) is 28.9. The molecule has 1 saturated heterocycles. The van der Waals surface area contributed by atoms with Crippen LogP contribution in [0.25, 0.3) is 11.3 Å². The number of ether oxygens (including phenoxy) is 1. The number of aryl methyl sites for hydroxylation is 3. The largest absolute Gasteiger partial charge is 0.465 e. The lowest BCUT2D eigenvalue weighted by Crippen LogP contribution is -2.49. The molecule has 2 aromatic carbocycles. The molecule has 2 aliphatic rings. The van der Waals surface area contributed by atoms with Gasteiger partial charge in [-0.1, -0.05) is 37.6 Å². The molecule has 1 aliphatic carbocycles. The summed E-state index contributed by atoms with van der Waals surface area (Å²) < 4.78 is 6.98. The Balaban J connectivity index is 1.21. The van der Waals surface area contributed by atoms with Crippen molar-refractivity contribution in [3.63, 3.8) is 0 Å². The van der Waals surface area contributed by atoms with Crippen molar-refractivity contribution in [2.45, 2.75) is 58.9 Å². The van der Waals surface area contributed by atoms with E-state index in [1.54, 1.807) is 24.6 Å². The predicted molar refractivity (Wildman–Crippen MR) is 196 cm³/mol. The Morgan fingerprint density at radius 3 is 2.49 bits per heavy atom. The maximum Gasteiger partial charge on any atom is 0.328 e. The summed E-state index contributed by atoms with van der Waals surface area (Å²) in [7, 11) is 1.70. The highest BCUT2D eigenvalue weighted by Gasteiger charge is 2.31. The van der Waals surface area contributed by atoms with Crippen molar-refractivity contribution in [3.8, 4) is 11.3 Å². The van der Waals surface area contributed by atoms with Crippen molar-refractivity contribution in [3.05, 3.63) is 91.5 Å². The zero-order valence-corrected chi connectivity index (χ0v) is 29.7. The first kappa shape index (κ1) is 34.5. The standard InChI is InChI=1S/C38H46N6O4S/c1-5-43-19-21-44(22-20-43)34(38(47)48-6-2)26-15-17-28(18-16-26)39-35-37(46)42(4)24-31(40-35)29-12-10-13-30(25(29)3)41-36(45)33-23-27-11-8-7-9-14-32(27)49-33/h10,12-13,15-18,23-24,34H,5-9,11,14,19-22H2,1-4H3,(H,39,40)(H,41,45). The van der Waals surface area contributed by atoms with Crippen molar-refractivity contribution in [2.24, 2.45) is 7.05 Å². The molecule has 4 aromatic rings. The molecule has 1 aliphatic heterocycles. The third-order valence-corrected chi connectivity index (χ3v) is 10.9. The van der Waals surface area contributed by atoms with E-state index in [1.807, 2.05) is 56.3 Å². The topological polar surface area (TPSA) is 109 Å². The summed E-state index contributed by atoms with van der Waals surface area (Å²) in [5.74, 6) is -0.180. The Bertz CT molecular complexity index is 1840. The molecule has 0 spiro atoms. The number of fused-ring (bicyclic) bond motifs is 1. The fraction of sp³-hybridized carbons (Fsp3) is 0.421. The molecular weight excluding hydrogens is 637 g/mol. The Hall–Kier alpha value is -4.32. The number of carbonyl (C=O) groups excluding carboxylic acids is 2. The van der Waals surface area contributed by atoms with Gasteiger partial charge >= 0.3 is 5.97 Å². The van der Waals surface area contributed by atoms with E-state index in [0.29, 0.717) is 23.7 Å². The summed E-state index contributed by atoms with van der Waals surface area (Å²) in [6, 6.07) is 14.8. The van der Waals surface area contributed by atoms with Crippen LogP contribution in [-0.4, -0.2) is 70.6 Å². The molecular formula is C38H46N6O4S. The predicted octanol–water partition coefficient (Wildman–Crippen LogP) is 6.32. The average Bonchev–Trinajstić information content (AvgIpc) is 3.39. The second kappa shape index (κ2) is 15.5. The summed E-state index contributed by atoms with van der Waals surface area (Å²) in [4.78, 5) is 51.0. The normalized spacial score (nSPS) is 16.0. The minimum Gasteiger partial charge on any atom is -0.465 e. The molecule has 49 heavy (non-hydrogen) atoms. The van der Waals surface area contributed by atoms with Gasteiger partial charge in [-0.05, 0) is 87.0 Å². The number of thiophene rings is 1. The van der Waals surface area contributed by atoms with Crippen molar-refractivity contribution < 1.29 is 14.3 Å². The van der Waals surface area contributed by atoms with Crippen molar-refractivity contribution in [2.75, 3.05) is 50.0 Å². The highest BCUT2D eigenvalue weighted by atomic mass is 32.1. The number of aromatic nitrogens is 2. The van der Waals surface area contributed by atoms with Crippen LogP contribution in [0.2, 0.25) is 0 Å². The minimum absolute atomic E-state index is 0.106. The Kier molecular flexibility index (Phi) is 10.9. The van der Waals surface area contributed by atoms with E-state index in [2.05, 4.69) is 33.4 Å². The number of nitrogens with one attached hydrogen (secondary N) is 2. The van der Waals surface area contributed by atoms with E-state index in [-0.39, 0.29) is 23.3 Å². The number of benzene rings is 2. The van der Waals surface area contributed by atoms with Crippen LogP contribution in [0.3, 0.4) is 0 Å². The molecule has 0 bridgehead atoms. The van der Waals surface area contributed by atoms with E-state index in [4.69, 9.17) is 9.72 Å². The molecule has 6 rings (SSSR count). The van der Waals surface area contributed by atoms with Crippen LogP contribution >= 0.6 is 11.3 Å². The fourth-order valence-corrected chi connectivity index (χ4v) is 7.92. The average molecular weight is 683 g/mol. The number of nitrogens with zero attached hydrogens (tertiary/aromatic N) is 4. The van der Waals surface area contributed by atoms with Crippen molar-refractivity contribution in [1.82, 2.24) is 19.4 Å². The van der Waals surface area contributed by atoms with Crippen LogP contribution in [0.15, 0.2) is 59.5 Å². The molecule has 11 heteroatoms. The molecule has 3 heterocycles. The van der Waals surface area contributed by atoms with Crippen LogP contribution in [0, 0.1) is 6.92 Å². The van der Waals surface area contributed by atoms with E-state index < -0.39 is 6.04 Å². The molecule has 2 aromatic heterocycles. The van der Waals surface area contributed by atoms with Gasteiger partial charge in [0.15, 0.2) is 5.82 Å². The van der Waals surface area contributed by atoms with Gasteiger partial charge in [-0.2, -0.15) is 0 Å². The van der Waals surface area contributed by atoms with E-state index in [9.17, 15) is 14.4 Å². The molecule has 10 nitrogen and oxygen atoms in total. The maximum atomic E-state index is 13.3. The first-order valence-corrected chi connectivity index (χ1v) is 18.2. The van der Waals surface area contributed by atoms with Gasteiger partial charge < -0.3 is 24.8 Å².